The molecule has 1 aliphatic rings. The van der Waals surface area contributed by atoms with Crippen LogP contribution in [0.5, 0.6) is 11.8 Å². The third-order valence-corrected chi connectivity index (χ3v) is 4.22. The molecule has 1 fully saturated rings. The Balaban J connectivity index is 1.65. The van der Waals surface area contributed by atoms with Gasteiger partial charge in [-0.1, -0.05) is 6.07 Å². The van der Waals surface area contributed by atoms with E-state index in [0.717, 1.165) is 37.4 Å². The number of benzene rings is 1. The normalized spacial score (nSPS) is 17.0. The highest BCUT2D eigenvalue weighted by Gasteiger charge is 2.23. The van der Waals surface area contributed by atoms with Gasteiger partial charge in [-0.25, -0.2) is 4.98 Å². The second-order valence-corrected chi connectivity index (χ2v) is 5.89. The van der Waals surface area contributed by atoms with Gasteiger partial charge in [-0.05, 0) is 31.0 Å². The summed E-state index contributed by atoms with van der Waals surface area (Å²) in [5, 5.41) is 3.06. The smallest absolute Gasteiger partial charge is 0.316 e. The van der Waals surface area contributed by atoms with E-state index in [1.54, 1.807) is 13.2 Å². The highest BCUT2D eigenvalue weighted by Crippen LogP contribution is 2.24. The maximum Gasteiger partial charge on any atom is 0.316 e. The number of ether oxygens (including phenoxy) is 2. The van der Waals surface area contributed by atoms with Gasteiger partial charge in [0.05, 0.1) is 14.2 Å². The SMILES string of the molecule is COc1cccc(N2CCCC(NC(=O)c3ccnc(OC)n3)C2)c1. The van der Waals surface area contributed by atoms with Crippen molar-refractivity contribution in [2.75, 3.05) is 32.2 Å². The standard InChI is InChI=1S/C18H22N4O3/c1-24-15-7-3-6-14(11-15)22-10-4-5-13(12-22)20-17(23)16-8-9-19-18(21-16)25-2/h3,6-9,11,13H,4-5,10,12H2,1-2H3,(H,20,23). The van der Waals surface area contributed by atoms with Gasteiger partial charge in [0.15, 0.2) is 0 Å². The number of nitrogens with one attached hydrogen (secondary N) is 1. The molecule has 0 bridgehead atoms. The Bertz CT molecular complexity index is 738. The molecule has 1 saturated heterocycles. The summed E-state index contributed by atoms with van der Waals surface area (Å²) in [4.78, 5) is 22.7. The van der Waals surface area contributed by atoms with Crippen LogP contribution in [-0.2, 0) is 0 Å². The lowest BCUT2D eigenvalue weighted by Crippen LogP contribution is -2.48. The predicted octanol–water partition coefficient (Wildman–Crippen LogP) is 1.89. The van der Waals surface area contributed by atoms with Crippen LogP contribution >= 0.6 is 0 Å². The van der Waals surface area contributed by atoms with Gasteiger partial charge in [-0.15, -0.1) is 0 Å². The maximum atomic E-state index is 12.4. The Morgan fingerprint density at radius 3 is 2.96 bits per heavy atom. The quantitative estimate of drug-likeness (QED) is 0.894. The fraction of sp³-hybridized carbons (Fsp3) is 0.389. The van der Waals surface area contributed by atoms with E-state index in [0.29, 0.717) is 5.69 Å². The number of carbonyl (C=O) groups excluding carboxylic acids is 1. The Morgan fingerprint density at radius 2 is 2.16 bits per heavy atom. The number of anilines is 1. The first-order valence-electron chi connectivity index (χ1n) is 8.26. The minimum atomic E-state index is -0.210. The van der Waals surface area contributed by atoms with E-state index in [1.807, 2.05) is 18.2 Å². The van der Waals surface area contributed by atoms with E-state index in [-0.39, 0.29) is 18.0 Å². The largest absolute Gasteiger partial charge is 0.497 e. The molecule has 3 rings (SSSR count). The van der Waals surface area contributed by atoms with Crippen LogP contribution in [-0.4, -0.2) is 49.2 Å². The first-order valence-corrected chi connectivity index (χ1v) is 8.26. The molecule has 1 N–H and O–H groups in total. The molecule has 7 heteroatoms. The Hall–Kier alpha value is -2.83. The van der Waals surface area contributed by atoms with Crippen LogP contribution < -0.4 is 19.7 Å². The van der Waals surface area contributed by atoms with Gasteiger partial charge >= 0.3 is 6.01 Å². The molecule has 1 aromatic heterocycles. The van der Waals surface area contributed by atoms with Crippen LogP contribution in [0.2, 0.25) is 0 Å². The molecule has 25 heavy (non-hydrogen) atoms. The average molecular weight is 342 g/mol. The summed E-state index contributed by atoms with van der Waals surface area (Å²) in [6.07, 6.45) is 3.47. The molecule has 1 aliphatic heterocycles. The highest BCUT2D eigenvalue weighted by molar-refractivity contribution is 5.92. The number of hydrogen-bond acceptors (Lipinski definition) is 6. The van der Waals surface area contributed by atoms with Crippen LogP contribution in [0.25, 0.3) is 0 Å². The molecule has 1 aromatic carbocycles. The topological polar surface area (TPSA) is 76.6 Å². The molecule has 1 unspecified atom stereocenters. The van der Waals surface area contributed by atoms with E-state index in [2.05, 4.69) is 26.3 Å². The van der Waals surface area contributed by atoms with E-state index >= 15 is 0 Å². The van der Waals surface area contributed by atoms with Crippen molar-refractivity contribution in [3.05, 3.63) is 42.2 Å². The zero-order valence-electron chi connectivity index (χ0n) is 14.4. The van der Waals surface area contributed by atoms with Crippen molar-refractivity contribution in [3.8, 4) is 11.8 Å². The Labute approximate surface area is 147 Å². The van der Waals surface area contributed by atoms with Crippen molar-refractivity contribution in [2.24, 2.45) is 0 Å². The number of aromatic nitrogens is 2. The van der Waals surface area contributed by atoms with Crippen LogP contribution in [0.4, 0.5) is 5.69 Å². The molecule has 2 aromatic rings. The molecule has 2 heterocycles. The van der Waals surface area contributed by atoms with Crippen molar-refractivity contribution in [1.82, 2.24) is 15.3 Å². The number of amides is 1. The lowest BCUT2D eigenvalue weighted by atomic mass is 10.0. The molecule has 0 radical (unpaired) electrons. The number of nitrogens with zero attached hydrogens (tertiary/aromatic N) is 3. The number of hydrogen-bond donors (Lipinski definition) is 1. The summed E-state index contributed by atoms with van der Waals surface area (Å²) >= 11 is 0. The first kappa shape index (κ1) is 17.0. The van der Waals surface area contributed by atoms with Crippen LogP contribution in [0.1, 0.15) is 23.3 Å². The van der Waals surface area contributed by atoms with Gasteiger partial charge < -0.3 is 19.7 Å². The van der Waals surface area contributed by atoms with Crippen LogP contribution in [0.3, 0.4) is 0 Å². The summed E-state index contributed by atoms with van der Waals surface area (Å²) in [5.74, 6) is 0.620. The predicted molar refractivity (Wildman–Crippen MR) is 94.3 cm³/mol. The van der Waals surface area contributed by atoms with E-state index in [9.17, 15) is 4.79 Å². The number of rotatable bonds is 5. The van der Waals surface area contributed by atoms with Crippen molar-refractivity contribution in [1.29, 1.82) is 0 Å². The minimum absolute atomic E-state index is 0.0633. The molecule has 132 valence electrons. The monoisotopic (exact) mass is 342 g/mol. The number of carbonyl (C=O) groups is 1. The molecular weight excluding hydrogens is 320 g/mol. The summed E-state index contributed by atoms with van der Waals surface area (Å²) in [6.45, 7) is 1.71. The lowest BCUT2D eigenvalue weighted by Gasteiger charge is -2.34. The fourth-order valence-corrected chi connectivity index (χ4v) is 2.96. The van der Waals surface area contributed by atoms with E-state index in [4.69, 9.17) is 9.47 Å². The summed E-state index contributed by atoms with van der Waals surface area (Å²) in [5.41, 5.74) is 1.41. The fourth-order valence-electron chi connectivity index (χ4n) is 2.96. The molecule has 1 atom stereocenters. The Morgan fingerprint density at radius 1 is 1.28 bits per heavy atom. The van der Waals surface area contributed by atoms with Crippen molar-refractivity contribution in [3.63, 3.8) is 0 Å². The van der Waals surface area contributed by atoms with Gasteiger partial charge in [-0.3, -0.25) is 4.79 Å². The zero-order valence-corrected chi connectivity index (χ0v) is 14.4. The van der Waals surface area contributed by atoms with Gasteiger partial charge in [0, 0.05) is 37.1 Å². The second-order valence-electron chi connectivity index (χ2n) is 5.89. The van der Waals surface area contributed by atoms with Crippen LogP contribution in [0, 0.1) is 0 Å². The van der Waals surface area contributed by atoms with Gasteiger partial charge in [0.25, 0.3) is 5.91 Å². The number of methoxy groups -OCH3 is 2. The van der Waals surface area contributed by atoms with E-state index in [1.165, 1.54) is 13.3 Å². The summed E-state index contributed by atoms with van der Waals surface area (Å²) < 4.78 is 10.3. The third kappa shape index (κ3) is 4.17. The zero-order chi connectivity index (χ0) is 17.6. The maximum absolute atomic E-state index is 12.4. The van der Waals surface area contributed by atoms with Gasteiger partial charge in [0.1, 0.15) is 11.4 Å². The minimum Gasteiger partial charge on any atom is -0.497 e. The molecule has 7 nitrogen and oxygen atoms in total. The van der Waals surface area contributed by atoms with Crippen LogP contribution in [0.15, 0.2) is 36.5 Å². The van der Waals surface area contributed by atoms with Crippen molar-refractivity contribution in [2.45, 2.75) is 18.9 Å². The average Bonchev–Trinajstić information content (AvgIpc) is 2.68. The first-order chi connectivity index (χ1) is 12.2. The second kappa shape index (κ2) is 7.83. The van der Waals surface area contributed by atoms with Crippen molar-refractivity contribution < 1.29 is 14.3 Å². The van der Waals surface area contributed by atoms with E-state index < -0.39 is 0 Å². The lowest BCUT2D eigenvalue weighted by molar-refractivity contribution is 0.0927. The summed E-state index contributed by atoms with van der Waals surface area (Å²) in [7, 11) is 3.14. The molecule has 0 aliphatic carbocycles. The van der Waals surface area contributed by atoms with Gasteiger partial charge in [-0.2, -0.15) is 4.98 Å². The molecule has 1 amide bonds. The molecule has 0 saturated carbocycles. The van der Waals surface area contributed by atoms with Gasteiger partial charge in [0.2, 0.25) is 0 Å². The highest BCUT2D eigenvalue weighted by atomic mass is 16.5. The Kier molecular flexibility index (Phi) is 5.33. The summed E-state index contributed by atoms with van der Waals surface area (Å²) in [6, 6.07) is 9.81. The van der Waals surface area contributed by atoms with Crippen molar-refractivity contribution >= 4 is 11.6 Å². The molecular formula is C18H22N4O3. The number of piperidine rings is 1. The molecule has 0 spiro atoms. The third-order valence-electron chi connectivity index (χ3n) is 4.22.